The first kappa shape index (κ1) is 27.3. The van der Waals surface area contributed by atoms with Crippen molar-refractivity contribution in [1.29, 1.82) is 0 Å². The molecule has 192 valence electrons. The molecule has 0 unspecified atom stereocenters. The molecule has 1 aromatic rings. The molecule has 0 spiro atoms. The third-order valence-electron chi connectivity index (χ3n) is 6.63. The number of thiocarbonyl (C=S) groups is 1. The smallest absolute Gasteiger partial charge is 0.216 e. The number of hydrogen-bond acceptors (Lipinski definition) is 6. The second kappa shape index (κ2) is 14.9. The van der Waals surface area contributed by atoms with E-state index in [0.717, 1.165) is 103 Å². The average Bonchev–Trinajstić information content (AvgIpc) is 3.40. The Bertz CT molecular complexity index is 813. The Hall–Kier alpha value is -1.33. The summed E-state index contributed by atoms with van der Waals surface area (Å²) in [5.41, 5.74) is 0.921. The van der Waals surface area contributed by atoms with E-state index in [0.29, 0.717) is 18.2 Å². The molecule has 0 aromatic carbocycles. The van der Waals surface area contributed by atoms with Crippen LogP contribution in [0.2, 0.25) is 0 Å². The normalized spacial score (nSPS) is 17.8. The van der Waals surface area contributed by atoms with Gasteiger partial charge in [0.25, 0.3) is 0 Å². The first-order chi connectivity index (χ1) is 16.6. The maximum atomic E-state index is 13.3. The molecule has 0 radical (unpaired) electrons. The SMILES string of the molecule is O=S(=O)(C1CCCC1)N(CCCCCCNC(=S)Nc1ccncc1)CCCN1CCOCC1. The van der Waals surface area contributed by atoms with Crippen LogP contribution >= 0.6 is 12.2 Å². The number of rotatable bonds is 14. The topological polar surface area (TPSA) is 86.8 Å². The quantitative estimate of drug-likeness (QED) is 0.291. The lowest BCUT2D eigenvalue weighted by molar-refractivity contribution is 0.0369. The molecule has 0 bridgehead atoms. The second-order valence-electron chi connectivity index (χ2n) is 9.19. The highest BCUT2D eigenvalue weighted by atomic mass is 32.2. The number of pyridine rings is 1. The maximum Gasteiger partial charge on any atom is 0.216 e. The first-order valence-electron chi connectivity index (χ1n) is 12.8. The van der Waals surface area contributed by atoms with Crippen LogP contribution in [0.3, 0.4) is 0 Å². The summed E-state index contributed by atoms with van der Waals surface area (Å²) < 4.78 is 33.7. The predicted molar refractivity (Wildman–Crippen MR) is 142 cm³/mol. The zero-order chi connectivity index (χ0) is 24.1. The van der Waals surface area contributed by atoms with Crippen LogP contribution in [-0.4, -0.2) is 85.5 Å². The van der Waals surface area contributed by atoms with Gasteiger partial charge < -0.3 is 15.4 Å². The molecule has 10 heteroatoms. The Balaban J connectivity index is 1.34. The van der Waals surface area contributed by atoms with Crippen LogP contribution in [-0.2, 0) is 14.8 Å². The van der Waals surface area contributed by atoms with Crippen molar-refractivity contribution in [1.82, 2.24) is 19.5 Å². The molecule has 0 amide bonds. The monoisotopic (exact) mass is 511 g/mol. The minimum absolute atomic E-state index is 0.172. The van der Waals surface area contributed by atoms with Crippen molar-refractivity contribution in [3.63, 3.8) is 0 Å². The lowest BCUT2D eigenvalue weighted by Gasteiger charge is -2.29. The van der Waals surface area contributed by atoms with Crippen molar-refractivity contribution in [2.45, 2.75) is 63.0 Å². The van der Waals surface area contributed by atoms with Gasteiger partial charge in [-0.25, -0.2) is 12.7 Å². The van der Waals surface area contributed by atoms with E-state index >= 15 is 0 Å². The molecule has 1 saturated carbocycles. The zero-order valence-electron chi connectivity index (χ0n) is 20.3. The number of sulfonamides is 1. The van der Waals surface area contributed by atoms with Crippen molar-refractivity contribution in [2.24, 2.45) is 0 Å². The van der Waals surface area contributed by atoms with Crippen LogP contribution in [0.15, 0.2) is 24.5 Å². The van der Waals surface area contributed by atoms with Crippen LogP contribution in [0, 0.1) is 0 Å². The van der Waals surface area contributed by atoms with Crippen molar-refractivity contribution in [3.8, 4) is 0 Å². The van der Waals surface area contributed by atoms with E-state index < -0.39 is 10.0 Å². The van der Waals surface area contributed by atoms with Crippen molar-refractivity contribution in [2.75, 3.05) is 57.8 Å². The van der Waals surface area contributed by atoms with Crippen molar-refractivity contribution < 1.29 is 13.2 Å². The number of aromatic nitrogens is 1. The van der Waals surface area contributed by atoms with Crippen LogP contribution in [0.1, 0.15) is 57.8 Å². The second-order valence-corrected chi connectivity index (χ2v) is 11.8. The van der Waals surface area contributed by atoms with Crippen LogP contribution in [0.25, 0.3) is 0 Å². The minimum atomic E-state index is -3.19. The minimum Gasteiger partial charge on any atom is -0.379 e. The van der Waals surface area contributed by atoms with E-state index in [1.54, 1.807) is 16.7 Å². The summed E-state index contributed by atoms with van der Waals surface area (Å²) in [6.07, 6.45) is 12.0. The molecular weight excluding hydrogens is 470 g/mol. The Labute approximate surface area is 210 Å². The van der Waals surface area contributed by atoms with Gasteiger partial charge in [-0.15, -0.1) is 0 Å². The molecule has 1 aliphatic heterocycles. The van der Waals surface area contributed by atoms with E-state index in [2.05, 4.69) is 20.5 Å². The molecule has 3 rings (SSSR count). The Morgan fingerprint density at radius 3 is 2.47 bits per heavy atom. The van der Waals surface area contributed by atoms with Crippen molar-refractivity contribution >= 4 is 33.0 Å². The number of hydrogen-bond donors (Lipinski definition) is 2. The van der Waals surface area contributed by atoms with Gasteiger partial charge in [-0.1, -0.05) is 25.7 Å². The van der Waals surface area contributed by atoms with Crippen LogP contribution in [0.5, 0.6) is 0 Å². The lowest BCUT2D eigenvalue weighted by Crippen LogP contribution is -2.41. The van der Waals surface area contributed by atoms with Gasteiger partial charge in [0.05, 0.1) is 18.5 Å². The van der Waals surface area contributed by atoms with Gasteiger partial charge in [0, 0.05) is 50.8 Å². The first-order valence-corrected chi connectivity index (χ1v) is 14.7. The highest BCUT2D eigenvalue weighted by Gasteiger charge is 2.33. The highest BCUT2D eigenvalue weighted by molar-refractivity contribution is 7.89. The molecule has 34 heavy (non-hydrogen) atoms. The summed E-state index contributed by atoms with van der Waals surface area (Å²) in [7, 11) is -3.19. The van der Waals surface area contributed by atoms with Crippen molar-refractivity contribution in [3.05, 3.63) is 24.5 Å². The lowest BCUT2D eigenvalue weighted by atomic mass is 10.2. The molecule has 2 N–H and O–H groups in total. The highest BCUT2D eigenvalue weighted by Crippen LogP contribution is 2.27. The van der Waals surface area contributed by atoms with Gasteiger partial charge >= 0.3 is 0 Å². The molecule has 1 saturated heterocycles. The van der Waals surface area contributed by atoms with E-state index in [-0.39, 0.29) is 5.25 Å². The largest absolute Gasteiger partial charge is 0.379 e. The molecule has 2 aliphatic rings. The van der Waals surface area contributed by atoms with Gasteiger partial charge in [0.1, 0.15) is 0 Å². The van der Waals surface area contributed by atoms with Gasteiger partial charge in [-0.3, -0.25) is 9.88 Å². The third-order valence-corrected chi connectivity index (χ3v) is 9.27. The predicted octanol–water partition coefficient (Wildman–Crippen LogP) is 3.23. The Morgan fingerprint density at radius 2 is 1.74 bits per heavy atom. The summed E-state index contributed by atoms with van der Waals surface area (Å²) in [6, 6.07) is 3.75. The Morgan fingerprint density at radius 1 is 1.06 bits per heavy atom. The molecule has 1 aliphatic carbocycles. The number of nitrogens with one attached hydrogen (secondary N) is 2. The summed E-state index contributed by atoms with van der Waals surface area (Å²) in [5, 5.41) is 6.81. The third kappa shape index (κ3) is 9.37. The average molecular weight is 512 g/mol. The maximum absolute atomic E-state index is 13.3. The standard InChI is InChI=1S/C24H41N5O3S2/c30-34(31,23-8-3-4-9-23)29(17-7-15-28-18-20-32-21-19-28)16-6-2-1-5-12-26-24(33)27-22-10-13-25-14-11-22/h10-11,13-14,23H,1-9,12,15-21H2,(H2,25,26,27,33). The van der Waals surface area contributed by atoms with Gasteiger partial charge in [0.15, 0.2) is 5.11 Å². The molecule has 0 atom stereocenters. The van der Waals surface area contributed by atoms with E-state index in [4.69, 9.17) is 17.0 Å². The van der Waals surface area contributed by atoms with Gasteiger partial charge in [0.2, 0.25) is 10.0 Å². The van der Waals surface area contributed by atoms with Crippen LogP contribution in [0.4, 0.5) is 5.69 Å². The molecule has 1 aromatic heterocycles. The van der Waals surface area contributed by atoms with Gasteiger partial charge in [-0.05, 0) is 63.0 Å². The van der Waals surface area contributed by atoms with E-state index in [1.165, 1.54) is 0 Å². The number of ether oxygens (including phenoxy) is 1. The summed E-state index contributed by atoms with van der Waals surface area (Å²) in [4.78, 5) is 6.37. The fourth-order valence-corrected chi connectivity index (χ4v) is 6.98. The molecule has 2 heterocycles. The fraction of sp³-hybridized carbons (Fsp3) is 0.750. The zero-order valence-corrected chi connectivity index (χ0v) is 21.9. The summed E-state index contributed by atoms with van der Waals surface area (Å²) in [6.45, 7) is 6.48. The number of anilines is 1. The molecular formula is C24H41N5O3S2. The van der Waals surface area contributed by atoms with Gasteiger partial charge in [-0.2, -0.15) is 0 Å². The summed E-state index contributed by atoms with van der Waals surface area (Å²) in [5.74, 6) is 0. The van der Waals surface area contributed by atoms with E-state index in [1.807, 2.05) is 12.1 Å². The van der Waals surface area contributed by atoms with Crippen LogP contribution < -0.4 is 10.6 Å². The number of nitrogens with zero attached hydrogens (tertiary/aromatic N) is 3. The fourth-order valence-electron chi connectivity index (χ4n) is 4.64. The molecule has 2 fully saturated rings. The summed E-state index contributed by atoms with van der Waals surface area (Å²) >= 11 is 5.33. The number of morpholine rings is 1. The Kier molecular flexibility index (Phi) is 12.0. The molecule has 8 nitrogen and oxygen atoms in total. The van der Waals surface area contributed by atoms with E-state index in [9.17, 15) is 8.42 Å². The number of unbranched alkanes of at least 4 members (excludes halogenated alkanes) is 3.